The molecule has 0 aliphatic carbocycles. The van der Waals surface area contributed by atoms with E-state index in [0.717, 1.165) is 11.9 Å². The standard InChI is InChI=1S/C9H18N2O2Si/c1-7-5-8(2)11(10-7)6-14-9(12-3)13-4/h5,9H,6,14H2,1-4H3. The smallest absolute Gasteiger partial charge is 0.136 e. The van der Waals surface area contributed by atoms with E-state index >= 15 is 0 Å². The van der Waals surface area contributed by atoms with E-state index in [4.69, 9.17) is 9.47 Å². The number of aryl methyl sites for hydroxylation is 2. The Morgan fingerprint density at radius 2 is 2.07 bits per heavy atom. The fourth-order valence-corrected chi connectivity index (χ4v) is 2.84. The topological polar surface area (TPSA) is 36.3 Å². The average Bonchev–Trinajstić information content (AvgIpc) is 2.47. The first-order valence-electron chi connectivity index (χ1n) is 4.74. The van der Waals surface area contributed by atoms with Gasteiger partial charge in [0.15, 0.2) is 0 Å². The van der Waals surface area contributed by atoms with Gasteiger partial charge >= 0.3 is 0 Å². The van der Waals surface area contributed by atoms with Crippen LogP contribution in [0.25, 0.3) is 0 Å². The maximum absolute atomic E-state index is 5.17. The number of methoxy groups -OCH3 is 2. The highest BCUT2D eigenvalue weighted by Gasteiger charge is 2.07. The van der Waals surface area contributed by atoms with Crippen LogP contribution >= 0.6 is 0 Å². The van der Waals surface area contributed by atoms with E-state index in [0.29, 0.717) is 0 Å². The minimum atomic E-state index is -0.425. The lowest BCUT2D eigenvalue weighted by molar-refractivity contribution is -0.0446. The Bertz CT molecular complexity index is 284. The fourth-order valence-electron chi connectivity index (χ4n) is 1.46. The summed E-state index contributed by atoms with van der Waals surface area (Å²) < 4.78 is 12.4. The molecule has 0 aliphatic rings. The normalized spacial score (nSPS) is 12.1. The summed E-state index contributed by atoms with van der Waals surface area (Å²) in [7, 11) is 2.94. The Morgan fingerprint density at radius 3 is 2.50 bits per heavy atom. The first-order chi connectivity index (χ1) is 6.67. The zero-order valence-corrected chi connectivity index (χ0v) is 10.7. The first kappa shape index (κ1) is 11.4. The molecule has 80 valence electrons. The quantitative estimate of drug-likeness (QED) is 0.519. The van der Waals surface area contributed by atoms with Gasteiger partial charge in [-0.2, -0.15) is 5.10 Å². The third kappa shape index (κ3) is 2.93. The van der Waals surface area contributed by atoms with Gasteiger partial charge in [0, 0.05) is 26.1 Å². The molecule has 0 aliphatic heterocycles. The lowest BCUT2D eigenvalue weighted by Gasteiger charge is -2.12. The van der Waals surface area contributed by atoms with E-state index in [1.807, 2.05) is 11.6 Å². The SMILES string of the molecule is COC(OC)[SiH2]Cn1nc(C)cc1C. The maximum Gasteiger partial charge on any atom is 0.136 e. The van der Waals surface area contributed by atoms with Crippen molar-refractivity contribution in [3.8, 4) is 0 Å². The minimum Gasteiger partial charge on any atom is -0.360 e. The molecular formula is C9H18N2O2Si. The van der Waals surface area contributed by atoms with Crippen LogP contribution in [0.1, 0.15) is 11.4 Å². The van der Waals surface area contributed by atoms with Gasteiger partial charge in [0.25, 0.3) is 0 Å². The molecule has 1 heterocycles. The van der Waals surface area contributed by atoms with Gasteiger partial charge in [-0.3, -0.25) is 4.68 Å². The van der Waals surface area contributed by atoms with Crippen molar-refractivity contribution in [2.75, 3.05) is 14.2 Å². The second-order valence-corrected chi connectivity index (χ2v) is 5.03. The third-order valence-electron chi connectivity index (χ3n) is 2.21. The number of ether oxygens (including phenoxy) is 2. The van der Waals surface area contributed by atoms with Crippen molar-refractivity contribution >= 4 is 9.52 Å². The molecule has 4 nitrogen and oxygen atoms in total. The van der Waals surface area contributed by atoms with Crippen molar-refractivity contribution in [3.05, 3.63) is 17.5 Å². The molecule has 0 unspecified atom stereocenters. The van der Waals surface area contributed by atoms with Crippen LogP contribution in [-0.2, 0) is 15.6 Å². The predicted molar refractivity (Wildman–Crippen MR) is 58.1 cm³/mol. The van der Waals surface area contributed by atoms with Crippen molar-refractivity contribution in [1.82, 2.24) is 9.78 Å². The lowest BCUT2D eigenvalue weighted by atomic mass is 10.4. The van der Waals surface area contributed by atoms with Crippen LogP contribution in [0.3, 0.4) is 0 Å². The molecule has 14 heavy (non-hydrogen) atoms. The summed E-state index contributed by atoms with van der Waals surface area (Å²) in [4.78, 5) is 0. The Labute approximate surface area is 87.0 Å². The Kier molecular flexibility index (Phi) is 4.31. The van der Waals surface area contributed by atoms with Crippen molar-refractivity contribution in [3.63, 3.8) is 0 Å². The highest BCUT2D eigenvalue weighted by molar-refractivity contribution is 6.35. The summed E-state index contributed by atoms with van der Waals surface area (Å²) in [5, 5.41) is 4.39. The Hall–Kier alpha value is -0.653. The number of rotatable bonds is 5. The summed E-state index contributed by atoms with van der Waals surface area (Å²) in [6, 6.07) is 2.09. The van der Waals surface area contributed by atoms with Crippen molar-refractivity contribution < 1.29 is 9.47 Å². The number of nitrogens with zero attached hydrogens (tertiary/aromatic N) is 2. The zero-order chi connectivity index (χ0) is 10.6. The van der Waals surface area contributed by atoms with E-state index in [2.05, 4.69) is 18.1 Å². The monoisotopic (exact) mass is 214 g/mol. The largest absolute Gasteiger partial charge is 0.360 e. The molecule has 0 atom stereocenters. The first-order valence-corrected chi connectivity index (χ1v) is 6.55. The van der Waals surface area contributed by atoms with Gasteiger partial charge in [-0.1, -0.05) is 0 Å². The molecule has 0 amide bonds. The van der Waals surface area contributed by atoms with E-state index < -0.39 is 9.52 Å². The highest BCUT2D eigenvalue weighted by atomic mass is 28.2. The van der Waals surface area contributed by atoms with Gasteiger partial charge in [-0.15, -0.1) is 0 Å². The minimum absolute atomic E-state index is 0.00101. The summed E-state index contributed by atoms with van der Waals surface area (Å²) in [5.74, 6) is -0.00101. The van der Waals surface area contributed by atoms with E-state index in [-0.39, 0.29) is 5.91 Å². The van der Waals surface area contributed by atoms with Crippen LogP contribution in [0.15, 0.2) is 6.07 Å². The molecule has 0 radical (unpaired) electrons. The summed E-state index contributed by atoms with van der Waals surface area (Å²) in [6.45, 7) is 4.08. The molecule has 0 N–H and O–H groups in total. The second kappa shape index (κ2) is 5.28. The van der Waals surface area contributed by atoms with Crippen LogP contribution in [0.2, 0.25) is 0 Å². The summed E-state index contributed by atoms with van der Waals surface area (Å²) in [6.07, 6.45) is 0.964. The van der Waals surface area contributed by atoms with Gasteiger partial charge in [0.1, 0.15) is 15.4 Å². The van der Waals surface area contributed by atoms with Crippen molar-refractivity contribution in [2.45, 2.75) is 25.9 Å². The molecule has 0 bridgehead atoms. The van der Waals surface area contributed by atoms with Crippen molar-refractivity contribution in [2.24, 2.45) is 0 Å². The average molecular weight is 214 g/mol. The highest BCUT2D eigenvalue weighted by Crippen LogP contribution is 2.01. The van der Waals surface area contributed by atoms with Crippen molar-refractivity contribution in [1.29, 1.82) is 0 Å². The molecule has 0 saturated carbocycles. The van der Waals surface area contributed by atoms with Gasteiger partial charge < -0.3 is 9.47 Å². The van der Waals surface area contributed by atoms with E-state index in [1.165, 1.54) is 5.69 Å². The van der Waals surface area contributed by atoms with Crippen LogP contribution < -0.4 is 0 Å². The molecule has 1 aromatic rings. The molecule has 5 heteroatoms. The molecule has 0 spiro atoms. The number of hydrogen-bond donors (Lipinski definition) is 0. The van der Waals surface area contributed by atoms with E-state index in [9.17, 15) is 0 Å². The van der Waals surface area contributed by atoms with E-state index in [1.54, 1.807) is 14.2 Å². The summed E-state index contributed by atoms with van der Waals surface area (Å²) >= 11 is 0. The van der Waals surface area contributed by atoms with Crippen LogP contribution in [0, 0.1) is 13.8 Å². The molecule has 1 aromatic heterocycles. The Balaban J connectivity index is 2.48. The summed E-state index contributed by atoms with van der Waals surface area (Å²) in [5.41, 5.74) is 2.28. The molecule has 0 saturated heterocycles. The van der Waals surface area contributed by atoms with Gasteiger partial charge in [-0.25, -0.2) is 0 Å². The molecular weight excluding hydrogens is 196 g/mol. The lowest BCUT2D eigenvalue weighted by Crippen LogP contribution is -2.26. The third-order valence-corrected chi connectivity index (χ3v) is 4.03. The molecule has 0 fully saturated rings. The molecule has 0 aromatic carbocycles. The van der Waals surface area contributed by atoms with Crippen LogP contribution in [-0.4, -0.2) is 39.4 Å². The zero-order valence-electron chi connectivity index (χ0n) is 9.28. The Morgan fingerprint density at radius 1 is 1.43 bits per heavy atom. The van der Waals surface area contributed by atoms with Crippen LogP contribution in [0.5, 0.6) is 0 Å². The number of aromatic nitrogens is 2. The number of hydrogen-bond acceptors (Lipinski definition) is 3. The van der Waals surface area contributed by atoms with Crippen LogP contribution in [0.4, 0.5) is 0 Å². The predicted octanol–water partition coefficient (Wildman–Crippen LogP) is 0.203. The van der Waals surface area contributed by atoms with Gasteiger partial charge in [0.2, 0.25) is 0 Å². The molecule has 1 rings (SSSR count). The fraction of sp³-hybridized carbons (Fsp3) is 0.667. The maximum atomic E-state index is 5.17. The van der Waals surface area contributed by atoms with Gasteiger partial charge in [0.05, 0.1) is 5.69 Å². The second-order valence-electron chi connectivity index (χ2n) is 3.34. The van der Waals surface area contributed by atoms with Gasteiger partial charge in [-0.05, 0) is 19.9 Å².